The zero-order chi connectivity index (χ0) is 31.9. The van der Waals surface area contributed by atoms with E-state index in [2.05, 4.69) is 25.6 Å². The third-order valence-electron chi connectivity index (χ3n) is 6.63. The number of nitrogen functional groups attached to an aromatic ring is 1. The van der Waals surface area contributed by atoms with Gasteiger partial charge in [0.2, 0.25) is 5.95 Å². The molecule has 5 aromatic rings. The van der Waals surface area contributed by atoms with E-state index in [-0.39, 0.29) is 16.7 Å². The fraction of sp³-hybridized carbons (Fsp3) is 0.188. The van der Waals surface area contributed by atoms with E-state index < -0.39 is 19.3 Å². The Bertz CT molecular complexity index is 1820. The highest BCUT2D eigenvalue weighted by Crippen LogP contribution is 2.38. The maximum absolute atomic E-state index is 13.5. The smallest absolute Gasteiger partial charge is 0.256 e. The molecule has 2 aromatic heterocycles. The molecule has 2 heterocycles. The number of halogens is 3. The predicted octanol–water partition coefficient (Wildman–Crippen LogP) is 7.38. The summed E-state index contributed by atoms with van der Waals surface area (Å²) in [5.41, 5.74) is 9.61. The minimum atomic E-state index is -0.851. The van der Waals surface area contributed by atoms with Gasteiger partial charge in [0.15, 0.2) is 5.13 Å². The van der Waals surface area contributed by atoms with Crippen LogP contribution in [0.5, 0.6) is 5.75 Å². The first-order valence-electron chi connectivity index (χ1n) is 13.8. The van der Waals surface area contributed by atoms with E-state index >= 15 is 0 Å². The zero-order valence-corrected chi connectivity index (χ0v) is 26.1. The average Bonchev–Trinajstić information content (AvgIpc) is 3.43. The van der Waals surface area contributed by atoms with Crippen LogP contribution < -0.4 is 21.1 Å². The van der Waals surface area contributed by atoms with Gasteiger partial charge in [-0.3, -0.25) is 4.79 Å². The molecule has 0 spiro atoms. The molecule has 5 rings (SSSR count). The fourth-order valence-electron chi connectivity index (χ4n) is 4.39. The lowest BCUT2D eigenvalue weighted by Crippen LogP contribution is -2.19. The van der Waals surface area contributed by atoms with Gasteiger partial charge in [0.25, 0.3) is 5.91 Å². The Balaban J connectivity index is 1.36. The molecule has 0 atom stereocenters. The molecule has 4 N–H and O–H groups in total. The number of anilines is 4. The van der Waals surface area contributed by atoms with Gasteiger partial charge in [-0.1, -0.05) is 47.2 Å². The number of alkyl halides is 2. The number of rotatable bonds is 12. The molecule has 1 amide bonds. The number of hydrogen-bond acceptors (Lipinski definition) is 9. The van der Waals surface area contributed by atoms with Crippen molar-refractivity contribution < 1.29 is 18.3 Å². The van der Waals surface area contributed by atoms with Crippen molar-refractivity contribution in [2.45, 2.75) is 13.3 Å². The molecule has 0 aliphatic rings. The fourth-order valence-corrected chi connectivity index (χ4v) is 5.45. The monoisotopic (exact) mass is 649 g/mol. The largest absolute Gasteiger partial charge is 0.491 e. The molecule has 232 valence electrons. The van der Waals surface area contributed by atoms with Crippen molar-refractivity contribution in [2.75, 3.05) is 43.6 Å². The number of nitrogens with two attached hydrogens (primary N) is 1. The number of hydrogen-bond donors (Lipinski definition) is 3. The normalized spacial score (nSPS) is 11.1. The summed E-state index contributed by atoms with van der Waals surface area (Å²) in [5.74, 6) is 0.369. The maximum atomic E-state index is 13.5. The Morgan fingerprint density at radius 3 is 2.62 bits per heavy atom. The van der Waals surface area contributed by atoms with E-state index in [1.807, 2.05) is 31.1 Å². The Morgan fingerprint density at radius 2 is 1.87 bits per heavy atom. The highest BCUT2D eigenvalue weighted by Gasteiger charge is 2.18. The van der Waals surface area contributed by atoms with Gasteiger partial charge < -0.3 is 26.0 Å². The second-order valence-electron chi connectivity index (χ2n) is 10.2. The average molecular weight is 650 g/mol. The van der Waals surface area contributed by atoms with Gasteiger partial charge in [0.1, 0.15) is 25.7 Å². The number of ether oxygens (including phenoxy) is 1. The third-order valence-corrected chi connectivity index (χ3v) is 7.83. The van der Waals surface area contributed by atoms with Gasteiger partial charge in [0, 0.05) is 35.2 Å². The summed E-state index contributed by atoms with van der Waals surface area (Å²) in [6.07, 6.45) is 1.62. The van der Waals surface area contributed by atoms with Gasteiger partial charge in [-0.05, 0) is 67.7 Å². The molecule has 0 radical (unpaired) electrons. The van der Waals surface area contributed by atoms with E-state index in [0.29, 0.717) is 61.7 Å². The first kappa shape index (κ1) is 31.8. The molecule has 9 nitrogen and oxygen atoms in total. The van der Waals surface area contributed by atoms with Crippen molar-refractivity contribution >= 4 is 51.3 Å². The molecule has 0 aliphatic carbocycles. The van der Waals surface area contributed by atoms with E-state index in [1.165, 1.54) is 29.5 Å². The Morgan fingerprint density at radius 1 is 1.02 bits per heavy atom. The molecule has 3 aromatic carbocycles. The summed E-state index contributed by atoms with van der Waals surface area (Å²) >= 11 is 7.70. The minimum Gasteiger partial charge on any atom is -0.491 e. The van der Waals surface area contributed by atoms with Crippen LogP contribution in [-0.4, -0.2) is 53.0 Å². The number of likely N-dealkylation sites (N-methyl/N-ethyl adjacent to an activating group) is 1. The van der Waals surface area contributed by atoms with Crippen molar-refractivity contribution in [3.8, 4) is 27.6 Å². The second-order valence-corrected chi connectivity index (χ2v) is 11.6. The molecule has 45 heavy (non-hydrogen) atoms. The van der Waals surface area contributed by atoms with Crippen LogP contribution in [0.3, 0.4) is 0 Å². The number of nitrogens with zero attached hydrogens (tertiary/aromatic N) is 4. The van der Waals surface area contributed by atoms with Gasteiger partial charge in [0.05, 0.1) is 21.3 Å². The van der Waals surface area contributed by atoms with Crippen LogP contribution in [0, 0.1) is 0 Å². The molecule has 0 aliphatic heterocycles. The van der Waals surface area contributed by atoms with E-state index in [1.54, 1.807) is 42.6 Å². The maximum Gasteiger partial charge on any atom is 0.256 e. The number of aromatic nitrogens is 3. The van der Waals surface area contributed by atoms with E-state index in [9.17, 15) is 13.6 Å². The number of carbonyl (C=O) groups excluding carboxylic acids is 1. The summed E-state index contributed by atoms with van der Waals surface area (Å²) < 4.78 is 32.5. The van der Waals surface area contributed by atoms with Crippen molar-refractivity contribution in [3.05, 3.63) is 94.6 Å². The topological polar surface area (TPSA) is 118 Å². The van der Waals surface area contributed by atoms with Crippen LogP contribution in [0.1, 0.15) is 21.5 Å². The molecule has 0 saturated carbocycles. The number of amides is 1. The van der Waals surface area contributed by atoms with Crippen molar-refractivity contribution in [1.29, 1.82) is 0 Å². The van der Waals surface area contributed by atoms with Gasteiger partial charge >= 0.3 is 0 Å². The van der Waals surface area contributed by atoms with E-state index in [0.717, 1.165) is 6.54 Å². The number of nitrogens with one attached hydrogen (secondary N) is 2. The summed E-state index contributed by atoms with van der Waals surface area (Å²) in [7, 11) is 3.94. The lowest BCUT2D eigenvalue weighted by molar-refractivity contribution is 0.102. The minimum absolute atomic E-state index is 0.0745. The Labute approximate surface area is 268 Å². The van der Waals surface area contributed by atoms with Crippen LogP contribution in [0.15, 0.2) is 72.9 Å². The quantitative estimate of drug-likeness (QED) is 0.128. The SMILES string of the molecule is CN(C)CCOc1ccc(Nc2nccc(-c3sc(N)nc3-c3cccc(NC(=O)c4cc(CF)ccc4CF)c3)n2)cc1Cl. The van der Waals surface area contributed by atoms with Gasteiger partial charge in [-0.25, -0.2) is 23.7 Å². The lowest BCUT2D eigenvalue weighted by Gasteiger charge is -2.13. The molecule has 0 unspecified atom stereocenters. The van der Waals surface area contributed by atoms with Crippen LogP contribution >= 0.6 is 22.9 Å². The molecule has 0 bridgehead atoms. The van der Waals surface area contributed by atoms with Crippen LogP contribution in [0.25, 0.3) is 21.8 Å². The first-order chi connectivity index (χ1) is 21.7. The van der Waals surface area contributed by atoms with Crippen molar-refractivity contribution in [2.24, 2.45) is 0 Å². The predicted molar refractivity (Wildman–Crippen MR) is 176 cm³/mol. The lowest BCUT2D eigenvalue weighted by atomic mass is 10.0. The number of benzene rings is 3. The Hall–Kier alpha value is -4.65. The zero-order valence-electron chi connectivity index (χ0n) is 24.5. The summed E-state index contributed by atoms with van der Waals surface area (Å²) in [4.78, 5) is 29.3. The van der Waals surface area contributed by atoms with Crippen LogP contribution in [0.2, 0.25) is 5.02 Å². The third kappa shape index (κ3) is 7.90. The van der Waals surface area contributed by atoms with Crippen LogP contribution in [-0.2, 0) is 13.3 Å². The second kappa shape index (κ2) is 14.4. The van der Waals surface area contributed by atoms with Gasteiger partial charge in [-0.2, -0.15) is 0 Å². The standard InChI is InChI=1S/C32H30ClF2N7O2S/c1-42(2)12-13-44-27-9-8-23(16-25(27)33)39-32-37-11-10-26(40-32)29-28(41-31(36)45-29)20-4-3-5-22(15-20)38-30(43)24-14-19(17-34)6-7-21(24)18-35/h3-11,14-16H,12-13,17-18H2,1-2H3,(H2,36,41)(H,38,43)(H,37,39,40). The molecular formula is C32H30ClF2N7O2S. The van der Waals surface area contributed by atoms with Crippen molar-refractivity contribution in [1.82, 2.24) is 19.9 Å². The summed E-state index contributed by atoms with van der Waals surface area (Å²) in [5, 5.41) is 6.73. The highest BCUT2D eigenvalue weighted by atomic mass is 35.5. The van der Waals surface area contributed by atoms with Crippen LogP contribution in [0.4, 0.5) is 31.2 Å². The summed E-state index contributed by atoms with van der Waals surface area (Å²) in [6, 6.07) is 18.3. The number of thiazole rings is 1. The number of carbonyl (C=O) groups is 1. The molecule has 13 heteroatoms. The molecular weight excluding hydrogens is 620 g/mol. The van der Waals surface area contributed by atoms with E-state index in [4.69, 9.17) is 22.1 Å². The Kier molecular flexibility index (Phi) is 10.2. The molecule has 0 fully saturated rings. The summed E-state index contributed by atoms with van der Waals surface area (Å²) in [6.45, 7) is -0.342. The van der Waals surface area contributed by atoms with Crippen molar-refractivity contribution in [3.63, 3.8) is 0 Å². The highest BCUT2D eigenvalue weighted by molar-refractivity contribution is 7.19. The first-order valence-corrected chi connectivity index (χ1v) is 15.0. The van der Waals surface area contributed by atoms with Gasteiger partial charge in [-0.15, -0.1) is 0 Å². The molecule has 0 saturated heterocycles.